The number of hydrogen-bond acceptors (Lipinski definition) is 4. The van der Waals surface area contributed by atoms with Gasteiger partial charge in [0, 0.05) is 19.2 Å². The molecule has 0 aliphatic carbocycles. The van der Waals surface area contributed by atoms with Gasteiger partial charge in [-0.2, -0.15) is 0 Å². The summed E-state index contributed by atoms with van der Waals surface area (Å²) in [6.45, 7) is 3.47. The molecule has 0 aliphatic rings. The molecule has 0 bridgehead atoms. The molecule has 1 aromatic rings. The first-order chi connectivity index (χ1) is 10.1. The molecule has 0 saturated heterocycles. The molecule has 6 nitrogen and oxygen atoms in total. The number of ether oxygens (including phenoxy) is 2. The Hall–Kier alpha value is -1.92. The Balaban J connectivity index is 2.23. The summed E-state index contributed by atoms with van der Waals surface area (Å²) in [7, 11) is 1.60. The van der Waals surface area contributed by atoms with Gasteiger partial charge in [0.1, 0.15) is 6.04 Å². The predicted octanol–water partition coefficient (Wildman–Crippen LogP) is 0.584. The SMILES string of the molecule is COCCOCCNC(=O)C(C)NC(=O)c1ccccc1. The molecular formula is C15H22N2O4. The van der Waals surface area contributed by atoms with E-state index in [0.29, 0.717) is 31.9 Å². The highest BCUT2D eigenvalue weighted by Gasteiger charge is 2.15. The summed E-state index contributed by atoms with van der Waals surface area (Å²) in [6.07, 6.45) is 0. The second-order valence-electron chi connectivity index (χ2n) is 4.46. The van der Waals surface area contributed by atoms with Crippen molar-refractivity contribution in [2.45, 2.75) is 13.0 Å². The van der Waals surface area contributed by atoms with E-state index in [1.54, 1.807) is 38.3 Å². The van der Waals surface area contributed by atoms with Crippen LogP contribution in [0.1, 0.15) is 17.3 Å². The van der Waals surface area contributed by atoms with Gasteiger partial charge in [0.25, 0.3) is 5.91 Å². The van der Waals surface area contributed by atoms with Crippen LogP contribution in [0.4, 0.5) is 0 Å². The van der Waals surface area contributed by atoms with Crippen LogP contribution in [0.15, 0.2) is 30.3 Å². The van der Waals surface area contributed by atoms with E-state index in [2.05, 4.69) is 10.6 Å². The second kappa shape index (κ2) is 9.90. The standard InChI is InChI=1S/C15H22N2O4/c1-12(14(18)16-8-9-21-11-10-20-2)17-15(19)13-6-4-3-5-7-13/h3-7,12H,8-11H2,1-2H3,(H,16,18)(H,17,19). The molecule has 2 N–H and O–H groups in total. The highest BCUT2D eigenvalue weighted by Crippen LogP contribution is 1.98. The van der Waals surface area contributed by atoms with E-state index < -0.39 is 6.04 Å². The lowest BCUT2D eigenvalue weighted by atomic mass is 10.2. The van der Waals surface area contributed by atoms with Gasteiger partial charge in [-0.15, -0.1) is 0 Å². The topological polar surface area (TPSA) is 76.7 Å². The van der Waals surface area contributed by atoms with Crippen LogP contribution in [0, 0.1) is 0 Å². The third kappa shape index (κ3) is 6.87. The first-order valence-corrected chi connectivity index (χ1v) is 6.85. The number of benzene rings is 1. The third-order valence-electron chi connectivity index (χ3n) is 2.75. The van der Waals surface area contributed by atoms with Crippen LogP contribution in [-0.2, 0) is 14.3 Å². The first kappa shape index (κ1) is 17.1. The highest BCUT2D eigenvalue weighted by atomic mass is 16.5. The zero-order valence-electron chi connectivity index (χ0n) is 12.4. The fourth-order valence-electron chi connectivity index (χ4n) is 1.58. The van der Waals surface area contributed by atoms with Crippen molar-refractivity contribution in [3.05, 3.63) is 35.9 Å². The Morgan fingerprint density at radius 3 is 2.52 bits per heavy atom. The van der Waals surface area contributed by atoms with Gasteiger partial charge in [0.2, 0.25) is 5.91 Å². The molecule has 1 atom stereocenters. The van der Waals surface area contributed by atoms with Crippen molar-refractivity contribution in [3.8, 4) is 0 Å². The van der Waals surface area contributed by atoms with Gasteiger partial charge in [0.15, 0.2) is 0 Å². The predicted molar refractivity (Wildman–Crippen MR) is 79.1 cm³/mol. The molecular weight excluding hydrogens is 272 g/mol. The molecule has 1 rings (SSSR count). The van der Waals surface area contributed by atoms with Gasteiger partial charge >= 0.3 is 0 Å². The van der Waals surface area contributed by atoms with Gasteiger partial charge in [-0.05, 0) is 19.1 Å². The Morgan fingerprint density at radius 2 is 1.86 bits per heavy atom. The Kier molecular flexibility index (Phi) is 8.08. The van der Waals surface area contributed by atoms with E-state index in [0.717, 1.165) is 0 Å². The van der Waals surface area contributed by atoms with Crippen LogP contribution in [0.2, 0.25) is 0 Å². The van der Waals surface area contributed by atoms with Crippen molar-refractivity contribution in [1.82, 2.24) is 10.6 Å². The molecule has 0 heterocycles. The van der Waals surface area contributed by atoms with Crippen molar-refractivity contribution in [2.75, 3.05) is 33.5 Å². The van der Waals surface area contributed by atoms with Crippen LogP contribution in [0.25, 0.3) is 0 Å². The molecule has 0 spiro atoms. The molecule has 6 heteroatoms. The largest absolute Gasteiger partial charge is 0.382 e. The second-order valence-corrected chi connectivity index (χ2v) is 4.46. The number of carbonyl (C=O) groups excluding carboxylic acids is 2. The zero-order chi connectivity index (χ0) is 15.5. The Bertz CT molecular complexity index is 437. The maximum absolute atomic E-state index is 11.9. The van der Waals surface area contributed by atoms with Crippen molar-refractivity contribution < 1.29 is 19.1 Å². The van der Waals surface area contributed by atoms with E-state index >= 15 is 0 Å². The zero-order valence-corrected chi connectivity index (χ0v) is 12.4. The van der Waals surface area contributed by atoms with E-state index in [9.17, 15) is 9.59 Å². The first-order valence-electron chi connectivity index (χ1n) is 6.85. The average molecular weight is 294 g/mol. The quantitative estimate of drug-likeness (QED) is 0.653. The number of hydrogen-bond donors (Lipinski definition) is 2. The lowest BCUT2D eigenvalue weighted by Crippen LogP contribution is -2.45. The van der Waals surface area contributed by atoms with Crippen molar-refractivity contribution in [3.63, 3.8) is 0 Å². The van der Waals surface area contributed by atoms with E-state index in [1.807, 2.05) is 6.07 Å². The number of amides is 2. The Morgan fingerprint density at radius 1 is 1.14 bits per heavy atom. The summed E-state index contributed by atoms with van der Waals surface area (Å²) in [5, 5.41) is 5.34. The molecule has 21 heavy (non-hydrogen) atoms. The third-order valence-corrected chi connectivity index (χ3v) is 2.75. The maximum Gasteiger partial charge on any atom is 0.251 e. The normalized spacial score (nSPS) is 11.7. The lowest BCUT2D eigenvalue weighted by molar-refractivity contribution is -0.122. The summed E-state index contributed by atoms with van der Waals surface area (Å²) in [5.74, 6) is -0.510. The van der Waals surface area contributed by atoms with Gasteiger partial charge in [0.05, 0.1) is 19.8 Å². The number of carbonyl (C=O) groups is 2. The molecule has 0 radical (unpaired) electrons. The van der Waals surface area contributed by atoms with Crippen LogP contribution in [-0.4, -0.2) is 51.3 Å². The summed E-state index contributed by atoms with van der Waals surface area (Å²) in [6, 6.07) is 8.18. The molecule has 116 valence electrons. The van der Waals surface area contributed by atoms with Crippen LogP contribution >= 0.6 is 0 Å². The lowest BCUT2D eigenvalue weighted by Gasteiger charge is -2.14. The van der Waals surface area contributed by atoms with Crippen LogP contribution < -0.4 is 10.6 Å². The molecule has 1 unspecified atom stereocenters. The van der Waals surface area contributed by atoms with Crippen molar-refractivity contribution in [2.24, 2.45) is 0 Å². The summed E-state index contributed by atoms with van der Waals surface area (Å²) in [5.41, 5.74) is 0.528. The molecule has 0 fully saturated rings. The maximum atomic E-state index is 11.9. The number of nitrogens with one attached hydrogen (secondary N) is 2. The molecule has 1 aromatic carbocycles. The number of rotatable bonds is 9. The molecule has 2 amide bonds. The average Bonchev–Trinajstić information content (AvgIpc) is 2.51. The summed E-state index contributed by atoms with van der Waals surface area (Å²) >= 11 is 0. The van der Waals surface area contributed by atoms with Crippen molar-refractivity contribution >= 4 is 11.8 Å². The number of methoxy groups -OCH3 is 1. The van der Waals surface area contributed by atoms with E-state index in [4.69, 9.17) is 9.47 Å². The summed E-state index contributed by atoms with van der Waals surface area (Å²) in [4.78, 5) is 23.7. The smallest absolute Gasteiger partial charge is 0.251 e. The monoisotopic (exact) mass is 294 g/mol. The molecule has 0 aliphatic heterocycles. The minimum Gasteiger partial charge on any atom is -0.382 e. The Labute approximate surface area is 124 Å². The fourth-order valence-corrected chi connectivity index (χ4v) is 1.58. The van der Waals surface area contributed by atoms with Gasteiger partial charge < -0.3 is 20.1 Å². The summed E-state index contributed by atoms with van der Waals surface area (Å²) < 4.78 is 10.1. The fraction of sp³-hybridized carbons (Fsp3) is 0.467. The van der Waals surface area contributed by atoms with E-state index in [-0.39, 0.29) is 11.8 Å². The minimum absolute atomic E-state index is 0.241. The minimum atomic E-state index is -0.600. The van der Waals surface area contributed by atoms with Gasteiger partial charge in [-0.25, -0.2) is 0 Å². The molecule has 0 saturated carbocycles. The van der Waals surface area contributed by atoms with Crippen LogP contribution in [0.5, 0.6) is 0 Å². The molecule has 0 aromatic heterocycles. The van der Waals surface area contributed by atoms with E-state index in [1.165, 1.54) is 0 Å². The van der Waals surface area contributed by atoms with Crippen molar-refractivity contribution in [1.29, 1.82) is 0 Å². The highest BCUT2D eigenvalue weighted by molar-refractivity contribution is 5.97. The van der Waals surface area contributed by atoms with Gasteiger partial charge in [-0.1, -0.05) is 18.2 Å². The van der Waals surface area contributed by atoms with Gasteiger partial charge in [-0.3, -0.25) is 9.59 Å². The van der Waals surface area contributed by atoms with Crippen LogP contribution in [0.3, 0.4) is 0 Å².